The number of nitrogens with zero attached hydrogens (tertiary/aromatic N) is 3. The van der Waals surface area contributed by atoms with E-state index >= 15 is 0 Å². The third kappa shape index (κ3) is 4.30. The average Bonchev–Trinajstić information content (AvgIpc) is 3.14. The molecule has 0 atom stereocenters. The number of nitrogens with one attached hydrogen (secondary N) is 1. The minimum absolute atomic E-state index is 0.163. The second-order valence-corrected chi connectivity index (χ2v) is 5.53. The Hall–Kier alpha value is -2.92. The van der Waals surface area contributed by atoms with Crippen LogP contribution in [0.2, 0.25) is 5.02 Å². The lowest BCUT2D eigenvalue weighted by Gasteiger charge is -2.04. The molecule has 6 heteroatoms. The predicted octanol–water partition coefficient (Wildman–Crippen LogP) is 3.25. The number of pyridine rings is 1. The Bertz CT molecular complexity index is 824. The lowest BCUT2D eigenvalue weighted by Crippen LogP contribution is -2.20. The molecule has 0 aliphatic carbocycles. The van der Waals surface area contributed by atoms with E-state index in [4.69, 9.17) is 11.6 Å². The topological polar surface area (TPSA) is 59.8 Å². The molecule has 0 aliphatic rings. The van der Waals surface area contributed by atoms with E-state index in [1.807, 2.05) is 35.0 Å². The summed E-state index contributed by atoms with van der Waals surface area (Å²) in [6.45, 7) is 0.418. The second-order valence-electron chi connectivity index (χ2n) is 5.10. The van der Waals surface area contributed by atoms with Crippen molar-refractivity contribution in [3.05, 3.63) is 83.5 Å². The molecule has 0 bridgehead atoms. The maximum Gasteiger partial charge on any atom is 0.244 e. The quantitative estimate of drug-likeness (QED) is 0.726. The molecular weight excluding hydrogens is 324 g/mol. The molecule has 0 saturated carbocycles. The fourth-order valence-electron chi connectivity index (χ4n) is 2.06. The van der Waals surface area contributed by atoms with Gasteiger partial charge in [0.05, 0.1) is 0 Å². The summed E-state index contributed by atoms with van der Waals surface area (Å²) in [5.41, 5.74) is 1.84. The average molecular weight is 339 g/mol. The van der Waals surface area contributed by atoms with E-state index in [9.17, 15) is 4.79 Å². The summed E-state index contributed by atoms with van der Waals surface area (Å²) in [4.78, 5) is 20.2. The van der Waals surface area contributed by atoms with Crippen molar-refractivity contribution in [2.75, 3.05) is 0 Å². The van der Waals surface area contributed by atoms with Gasteiger partial charge in [0.25, 0.3) is 0 Å². The number of hydrogen-bond donors (Lipinski definition) is 1. The minimum Gasteiger partial charge on any atom is -0.348 e. The molecule has 0 spiro atoms. The van der Waals surface area contributed by atoms with Crippen molar-refractivity contribution in [2.45, 2.75) is 6.54 Å². The normalized spacial score (nSPS) is 10.9. The summed E-state index contributed by atoms with van der Waals surface area (Å²) in [6.07, 6.45) is 10.2. The third-order valence-corrected chi connectivity index (χ3v) is 3.59. The van der Waals surface area contributed by atoms with E-state index < -0.39 is 0 Å². The smallest absolute Gasteiger partial charge is 0.244 e. The Labute approximate surface area is 144 Å². The van der Waals surface area contributed by atoms with Crippen molar-refractivity contribution in [1.29, 1.82) is 0 Å². The molecular formula is C18H15ClN4O. The zero-order valence-corrected chi connectivity index (χ0v) is 13.5. The molecule has 2 heterocycles. The van der Waals surface area contributed by atoms with Gasteiger partial charge >= 0.3 is 0 Å². The number of halogens is 1. The van der Waals surface area contributed by atoms with Gasteiger partial charge in [-0.3, -0.25) is 9.36 Å². The Morgan fingerprint density at radius 3 is 2.71 bits per heavy atom. The van der Waals surface area contributed by atoms with Crippen molar-refractivity contribution in [1.82, 2.24) is 19.9 Å². The summed E-state index contributed by atoms with van der Waals surface area (Å²) in [5.74, 6) is 0.619. The number of aromatic nitrogens is 3. The zero-order valence-electron chi connectivity index (χ0n) is 12.8. The summed E-state index contributed by atoms with van der Waals surface area (Å²) >= 11 is 5.82. The Kier molecular flexibility index (Phi) is 5.03. The SMILES string of the molecule is O=C(/C=C/c1ccc(Cl)cc1)NCc1ccc(-n2ccnc2)nc1. The molecule has 0 fully saturated rings. The maximum atomic E-state index is 11.9. The fraction of sp³-hybridized carbons (Fsp3) is 0.0556. The number of amides is 1. The Morgan fingerprint density at radius 2 is 2.04 bits per heavy atom. The van der Waals surface area contributed by atoms with Crippen LogP contribution < -0.4 is 5.32 Å². The summed E-state index contributed by atoms with van der Waals surface area (Å²) < 4.78 is 1.82. The van der Waals surface area contributed by atoms with Gasteiger partial charge in [-0.1, -0.05) is 29.8 Å². The zero-order chi connectivity index (χ0) is 16.8. The fourth-order valence-corrected chi connectivity index (χ4v) is 2.19. The maximum absolute atomic E-state index is 11.9. The van der Waals surface area contributed by atoms with E-state index in [2.05, 4.69) is 15.3 Å². The molecule has 0 radical (unpaired) electrons. The van der Waals surface area contributed by atoms with Crippen LogP contribution in [0.4, 0.5) is 0 Å². The second kappa shape index (κ2) is 7.57. The van der Waals surface area contributed by atoms with Gasteiger partial charge in [0.2, 0.25) is 5.91 Å². The Balaban J connectivity index is 1.53. The highest BCUT2D eigenvalue weighted by molar-refractivity contribution is 6.30. The first-order valence-electron chi connectivity index (χ1n) is 7.35. The largest absolute Gasteiger partial charge is 0.348 e. The van der Waals surface area contributed by atoms with Crippen LogP contribution in [0.25, 0.3) is 11.9 Å². The highest BCUT2D eigenvalue weighted by Gasteiger charge is 2.00. The first kappa shape index (κ1) is 16.0. The van der Waals surface area contributed by atoms with Crippen LogP contribution in [0.5, 0.6) is 0 Å². The van der Waals surface area contributed by atoms with Crippen LogP contribution in [0, 0.1) is 0 Å². The minimum atomic E-state index is -0.163. The van der Waals surface area contributed by atoms with Crippen LogP contribution >= 0.6 is 11.6 Å². The van der Waals surface area contributed by atoms with Gasteiger partial charge < -0.3 is 5.32 Å². The van der Waals surface area contributed by atoms with Crippen molar-refractivity contribution in [2.24, 2.45) is 0 Å². The summed E-state index contributed by atoms with van der Waals surface area (Å²) in [6, 6.07) is 11.1. The standard InChI is InChI=1S/C18H15ClN4O/c19-16-5-1-14(2-6-16)4-8-18(24)22-12-15-3-7-17(21-11-15)23-10-9-20-13-23/h1-11,13H,12H2,(H,22,24)/b8-4+. The number of benzene rings is 1. The molecule has 0 saturated heterocycles. The van der Waals surface area contributed by atoms with E-state index in [1.165, 1.54) is 6.08 Å². The predicted molar refractivity (Wildman–Crippen MR) is 93.7 cm³/mol. The van der Waals surface area contributed by atoms with Gasteiger partial charge in [-0.05, 0) is 35.4 Å². The van der Waals surface area contributed by atoms with Gasteiger partial charge in [-0.25, -0.2) is 9.97 Å². The van der Waals surface area contributed by atoms with E-state index in [0.29, 0.717) is 11.6 Å². The molecule has 3 rings (SSSR count). The highest BCUT2D eigenvalue weighted by atomic mass is 35.5. The molecule has 2 aromatic heterocycles. The van der Waals surface area contributed by atoms with E-state index in [1.54, 1.807) is 36.9 Å². The third-order valence-electron chi connectivity index (χ3n) is 3.34. The molecule has 1 amide bonds. The van der Waals surface area contributed by atoms with Gasteiger partial charge in [0.15, 0.2) is 0 Å². The summed E-state index contributed by atoms with van der Waals surface area (Å²) in [7, 11) is 0. The van der Waals surface area contributed by atoms with E-state index in [-0.39, 0.29) is 5.91 Å². The molecule has 120 valence electrons. The van der Waals surface area contributed by atoms with Crippen molar-refractivity contribution in [3.63, 3.8) is 0 Å². The van der Waals surface area contributed by atoms with Gasteiger partial charge in [0.1, 0.15) is 12.1 Å². The van der Waals surface area contributed by atoms with E-state index in [0.717, 1.165) is 16.9 Å². The van der Waals surface area contributed by atoms with Crippen LogP contribution in [-0.4, -0.2) is 20.4 Å². The molecule has 1 N–H and O–H groups in total. The first-order valence-corrected chi connectivity index (χ1v) is 7.73. The van der Waals surface area contributed by atoms with Crippen LogP contribution in [0.15, 0.2) is 67.4 Å². The van der Waals surface area contributed by atoms with Crippen LogP contribution in [-0.2, 0) is 11.3 Å². The van der Waals surface area contributed by atoms with Crippen molar-refractivity contribution in [3.8, 4) is 5.82 Å². The number of rotatable bonds is 5. The van der Waals surface area contributed by atoms with Crippen LogP contribution in [0.3, 0.4) is 0 Å². The number of carbonyl (C=O) groups excluding carboxylic acids is 1. The van der Waals surface area contributed by atoms with Gasteiger partial charge in [-0.2, -0.15) is 0 Å². The molecule has 5 nitrogen and oxygen atoms in total. The van der Waals surface area contributed by atoms with Crippen molar-refractivity contribution < 1.29 is 4.79 Å². The Morgan fingerprint density at radius 1 is 1.21 bits per heavy atom. The lowest BCUT2D eigenvalue weighted by molar-refractivity contribution is -0.116. The molecule has 3 aromatic rings. The molecule has 0 aliphatic heterocycles. The highest BCUT2D eigenvalue weighted by Crippen LogP contribution is 2.10. The van der Waals surface area contributed by atoms with Crippen molar-refractivity contribution >= 4 is 23.6 Å². The molecule has 1 aromatic carbocycles. The van der Waals surface area contributed by atoms with Gasteiger partial charge in [-0.15, -0.1) is 0 Å². The monoisotopic (exact) mass is 338 g/mol. The number of carbonyl (C=O) groups is 1. The first-order chi connectivity index (χ1) is 11.7. The number of hydrogen-bond acceptors (Lipinski definition) is 3. The van der Waals surface area contributed by atoms with Crippen LogP contribution in [0.1, 0.15) is 11.1 Å². The lowest BCUT2D eigenvalue weighted by atomic mass is 10.2. The number of imidazole rings is 1. The summed E-state index contributed by atoms with van der Waals surface area (Å²) in [5, 5.41) is 3.49. The van der Waals surface area contributed by atoms with Gasteiger partial charge in [0, 0.05) is 36.2 Å². The molecule has 24 heavy (non-hydrogen) atoms. The molecule has 0 unspecified atom stereocenters.